The summed E-state index contributed by atoms with van der Waals surface area (Å²) in [5.41, 5.74) is 4.90. The smallest absolute Gasteiger partial charge is 0.324 e. The molecule has 0 saturated carbocycles. The lowest BCUT2D eigenvalue weighted by Gasteiger charge is -2.28. The number of urea groups is 1. The normalized spacial score (nSPS) is 29.7. The van der Waals surface area contributed by atoms with E-state index in [2.05, 4.69) is 22.8 Å². The largest absolute Gasteiger partial charge is 0.358 e. The Morgan fingerprint density at radius 2 is 2.09 bits per heavy atom. The molecule has 22 heavy (non-hydrogen) atoms. The molecule has 2 heterocycles. The molecule has 0 aromatic carbocycles. The van der Waals surface area contributed by atoms with Gasteiger partial charge >= 0.3 is 6.03 Å². The average molecular weight is 318 g/mol. The number of imide groups is 1. The number of alkyl halides is 1. The molecule has 1 atom stereocenters. The number of dihydropyridines is 1. The van der Waals surface area contributed by atoms with Gasteiger partial charge in [0, 0.05) is 31.3 Å². The zero-order valence-electron chi connectivity index (χ0n) is 12.2. The second kappa shape index (κ2) is 4.49. The predicted octanol–water partition coefficient (Wildman–Crippen LogP) is 1.94. The zero-order valence-corrected chi connectivity index (χ0v) is 13.0. The van der Waals surface area contributed by atoms with Crippen LogP contribution in [0.25, 0.3) is 0 Å². The van der Waals surface area contributed by atoms with Gasteiger partial charge in [0.1, 0.15) is 5.54 Å². The standard InChI is InChI=1S/C16H16ClN3O2/c1-20-15(22)19-14(21)16(20)6-10-4-9-2-3-12(8-17)18-13(9)5-11(10)7-16/h2-3,5,18H,4,6-8H2,1H3,(H,19,21,22)/t16-/m1/s1. The summed E-state index contributed by atoms with van der Waals surface area (Å²) in [6.45, 7) is 0. The van der Waals surface area contributed by atoms with Crippen molar-refractivity contribution < 1.29 is 9.59 Å². The molecule has 2 N–H and O–H groups in total. The van der Waals surface area contributed by atoms with Gasteiger partial charge in [0.05, 0.1) is 5.88 Å². The van der Waals surface area contributed by atoms with Crippen LogP contribution in [0.4, 0.5) is 4.79 Å². The van der Waals surface area contributed by atoms with Crippen molar-refractivity contribution in [3.8, 4) is 0 Å². The second-order valence-electron chi connectivity index (χ2n) is 6.21. The van der Waals surface area contributed by atoms with Gasteiger partial charge in [0.2, 0.25) is 0 Å². The molecular weight excluding hydrogens is 302 g/mol. The van der Waals surface area contributed by atoms with Crippen molar-refractivity contribution in [2.24, 2.45) is 0 Å². The molecule has 2 aliphatic carbocycles. The molecule has 1 spiro atoms. The van der Waals surface area contributed by atoms with Gasteiger partial charge in [-0.05, 0) is 29.7 Å². The van der Waals surface area contributed by atoms with Crippen LogP contribution in [0.2, 0.25) is 0 Å². The number of amides is 3. The van der Waals surface area contributed by atoms with Gasteiger partial charge in [-0.3, -0.25) is 10.1 Å². The first-order valence-electron chi connectivity index (χ1n) is 7.28. The Hall–Kier alpha value is -2.01. The fourth-order valence-corrected chi connectivity index (χ4v) is 3.85. The third-order valence-corrected chi connectivity index (χ3v) is 5.31. The Labute approximate surface area is 133 Å². The van der Waals surface area contributed by atoms with E-state index in [9.17, 15) is 9.59 Å². The summed E-state index contributed by atoms with van der Waals surface area (Å²) in [6, 6.07) is -0.307. The van der Waals surface area contributed by atoms with Crippen molar-refractivity contribution in [3.63, 3.8) is 0 Å². The van der Waals surface area contributed by atoms with Gasteiger partial charge in [0.25, 0.3) is 5.91 Å². The van der Waals surface area contributed by atoms with E-state index in [0.29, 0.717) is 18.7 Å². The van der Waals surface area contributed by atoms with Gasteiger partial charge in [-0.15, -0.1) is 11.6 Å². The molecule has 0 bridgehead atoms. The van der Waals surface area contributed by atoms with Gasteiger partial charge in [-0.1, -0.05) is 11.6 Å². The van der Waals surface area contributed by atoms with E-state index in [0.717, 1.165) is 23.4 Å². The van der Waals surface area contributed by atoms with E-state index in [-0.39, 0.29) is 11.9 Å². The number of likely N-dealkylation sites (N-methyl/N-ethyl adjacent to an activating group) is 1. The number of fused-ring (bicyclic) bond motifs is 1. The summed E-state index contributed by atoms with van der Waals surface area (Å²) in [7, 11) is 1.70. The van der Waals surface area contributed by atoms with E-state index in [4.69, 9.17) is 11.6 Å². The topological polar surface area (TPSA) is 61.4 Å². The summed E-state index contributed by atoms with van der Waals surface area (Å²) in [5.74, 6) is 0.258. The maximum Gasteiger partial charge on any atom is 0.324 e. The van der Waals surface area contributed by atoms with Crippen molar-refractivity contribution in [3.05, 3.63) is 46.3 Å². The van der Waals surface area contributed by atoms with E-state index in [1.807, 2.05) is 6.08 Å². The Kier molecular flexibility index (Phi) is 2.78. The molecule has 5 nitrogen and oxygen atoms in total. The first kappa shape index (κ1) is 13.6. The van der Waals surface area contributed by atoms with E-state index < -0.39 is 5.54 Å². The number of nitrogens with one attached hydrogen (secondary N) is 2. The number of hydrogen-bond acceptors (Lipinski definition) is 3. The molecule has 3 amide bonds. The SMILES string of the molecule is CN1C(=O)NC(=O)[C@@]12CC1=C(CC3=CC=C(CCl)NC3=C1)C2. The van der Waals surface area contributed by atoms with Gasteiger partial charge < -0.3 is 10.2 Å². The highest BCUT2D eigenvalue weighted by Crippen LogP contribution is 2.47. The number of hydrogen-bond donors (Lipinski definition) is 2. The highest BCUT2D eigenvalue weighted by atomic mass is 35.5. The summed E-state index contributed by atoms with van der Waals surface area (Å²) < 4.78 is 0. The van der Waals surface area contributed by atoms with Crippen LogP contribution >= 0.6 is 11.6 Å². The van der Waals surface area contributed by atoms with Crippen molar-refractivity contribution >= 4 is 23.5 Å². The summed E-state index contributed by atoms with van der Waals surface area (Å²) in [4.78, 5) is 25.6. The highest BCUT2D eigenvalue weighted by molar-refractivity contribution is 6.19. The van der Waals surface area contributed by atoms with Crippen LogP contribution < -0.4 is 10.6 Å². The first-order valence-corrected chi connectivity index (χ1v) is 7.82. The number of carbonyl (C=O) groups excluding carboxylic acids is 2. The maximum atomic E-state index is 12.3. The molecule has 2 aliphatic heterocycles. The lowest BCUT2D eigenvalue weighted by atomic mass is 9.90. The minimum atomic E-state index is -0.740. The van der Waals surface area contributed by atoms with Gasteiger partial charge in [-0.25, -0.2) is 4.79 Å². The molecule has 0 unspecified atom stereocenters. The number of allylic oxidation sites excluding steroid dienone is 5. The van der Waals surface area contributed by atoms with Gasteiger partial charge in [0.15, 0.2) is 0 Å². The maximum absolute atomic E-state index is 12.3. The molecule has 0 aromatic rings. The molecule has 4 rings (SSSR count). The van der Waals surface area contributed by atoms with Crippen LogP contribution in [-0.2, 0) is 4.79 Å². The third-order valence-electron chi connectivity index (χ3n) is 5.03. The second-order valence-corrected chi connectivity index (χ2v) is 6.48. The highest BCUT2D eigenvalue weighted by Gasteiger charge is 2.55. The predicted molar refractivity (Wildman–Crippen MR) is 83.0 cm³/mol. The lowest BCUT2D eigenvalue weighted by Crippen LogP contribution is -2.45. The molecule has 0 radical (unpaired) electrons. The van der Waals surface area contributed by atoms with E-state index >= 15 is 0 Å². The van der Waals surface area contributed by atoms with Crippen LogP contribution in [0.5, 0.6) is 0 Å². The quantitative estimate of drug-likeness (QED) is 0.574. The summed E-state index contributed by atoms with van der Waals surface area (Å²) >= 11 is 5.88. The van der Waals surface area contributed by atoms with E-state index in [1.165, 1.54) is 11.1 Å². The third kappa shape index (κ3) is 1.72. The first-order chi connectivity index (χ1) is 10.5. The summed E-state index contributed by atoms with van der Waals surface area (Å²) in [6.07, 6.45) is 8.19. The number of carbonyl (C=O) groups is 2. The van der Waals surface area contributed by atoms with Crippen molar-refractivity contribution in [2.75, 3.05) is 12.9 Å². The fraction of sp³-hybridized carbons (Fsp3) is 0.375. The van der Waals surface area contributed by atoms with Crippen LogP contribution in [0, 0.1) is 0 Å². The van der Waals surface area contributed by atoms with Crippen LogP contribution in [0.1, 0.15) is 19.3 Å². The zero-order chi connectivity index (χ0) is 15.5. The summed E-state index contributed by atoms with van der Waals surface area (Å²) in [5, 5.41) is 5.77. The molecule has 114 valence electrons. The molecule has 1 saturated heterocycles. The molecule has 6 heteroatoms. The van der Waals surface area contributed by atoms with Crippen molar-refractivity contribution in [1.82, 2.24) is 15.5 Å². The number of nitrogens with zero attached hydrogens (tertiary/aromatic N) is 1. The Balaban J connectivity index is 1.66. The Bertz CT molecular complexity index is 732. The molecule has 4 aliphatic rings. The minimum absolute atomic E-state index is 0.183. The molecule has 0 aromatic heterocycles. The number of halogens is 1. The fourth-order valence-electron chi connectivity index (χ4n) is 3.69. The Morgan fingerprint density at radius 1 is 1.27 bits per heavy atom. The minimum Gasteiger partial charge on any atom is -0.358 e. The van der Waals surface area contributed by atoms with Crippen LogP contribution in [0.15, 0.2) is 46.3 Å². The van der Waals surface area contributed by atoms with Crippen molar-refractivity contribution in [2.45, 2.75) is 24.8 Å². The van der Waals surface area contributed by atoms with Crippen LogP contribution in [0.3, 0.4) is 0 Å². The van der Waals surface area contributed by atoms with Crippen LogP contribution in [-0.4, -0.2) is 35.3 Å². The van der Waals surface area contributed by atoms with E-state index in [1.54, 1.807) is 11.9 Å². The average Bonchev–Trinajstić information content (AvgIpc) is 2.98. The van der Waals surface area contributed by atoms with Crippen molar-refractivity contribution in [1.29, 1.82) is 0 Å². The molecule has 1 fully saturated rings. The number of rotatable bonds is 1. The lowest BCUT2D eigenvalue weighted by molar-refractivity contribution is -0.125. The monoisotopic (exact) mass is 317 g/mol. The van der Waals surface area contributed by atoms with Gasteiger partial charge in [-0.2, -0.15) is 0 Å². The Morgan fingerprint density at radius 3 is 2.77 bits per heavy atom. The molecular formula is C16H16ClN3O2.